The molecule has 0 radical (unpaired) electrons. The van der Waals surface area contributed by atoms with Gasteiger partial charge in [0.2, 0.25) is 0 Å². The van der Waals surface area contributed by atoms with E-state index < -0.39 is 0 Å². The van der Waals surface area contributed by atoms with E-state index in [1.807, 2.05) is 0 Å². The first kappa shape index (κ1) is 14.5. The van der Waals surface area contributed by atoms with Gasteiger partial charge in [-0.05, 0) is 18.9 Å². The van der Waals surface area contributed by atoms with Crippen LogP contribution in [0.4, 0.5) is 5.69 Å². The van der Waals surface area contributed by atoms with Gasteiger partial charge in [-0.2, -0.15) is 0 Å². The minimum atomic E-state index is -0.241. The van der Waals surface area contributed by atoms with Crippen molar-refractivity contribution in [1.82, 2.24) is 5.32 Å². The van der Waals surface area contributed by atoms with Gasteiger partial charge in [0.05, 0.1) is 38.1 Å². The fourth-order valence-corrected chi connectivity index (χ4v) is 2.19. The van der Waals surface area contributed by atoms with Gasteiger partial charge in [0.15, 0.2) is 0 Å². The first-order valence-corrected chi connectivity index (χ1v) is 6.55. The van der Waals surface area contributed by atoms with Crippen molar-refractivity contribution >= 4 is 11.6 Å². The van der Waals surface area contributed by atoms with E-state index in [4.69, 9.17) is 19.9 Å². The molecule has 1 aromatic rings. The molecule has 0 bridgehead atoms. The number of nitrogens with two attached hydrogens (primary N) is 1. The Morgan fingerprint density at radius 1 is 1.40 bits per heavy atom. The maximum Gasteiger partial charge on any atom is 0.253 e. The number of amides is 1. The number of nitrogen functional groups attached to an aromatic ring is 1. The molecule has 0 saturated carbocycles. The minimum absolute atomic E-state index is 0.0212. The van der Waals surface area contributed by atoms with Crippen molar-refractivity contribution in [2.75, 3.05) is 33.2 Å². The predicted molar refractivity (Wildman–Crippen MR) is 75.3 cm³/mol. The highest BCUT2D eigenvalue weighted by atomic mass is 16.5. The Hall–Kier alpha value is -1.95. The molecule has 1 saturated heterocycles. The van der Waals surface area contributed by atoms with Crippen LogP contribution < -0.4 is 20.5 Å². The van der Waals surface area contributed by atoms with Crippen LogP contribution >= 0.6 is 0 Å². The fourth-order valence-electron chi connectivity index (χ4n) is 2.19. The molecule has 1 fully saturated rings. The van der Waals surface area contributed by atoms with Gasteiger partial charge >= 0.3 is 0 Å². The molecule has 1 heterocycles. The molecule has 20 heavy (non-hydrogen) atoms. The second kappa shape index (κ2) is 6.47. The zero-order valence-corrected chi connectivity index (χ0v) is 11.8. The third-order valence-electron chi connectivity index (χ3n) is 3.31. The molecule has 0 aromatic heterocycles. The van der Waals surface area contributed by atoms with Gasteiger partial charge in [-0.25, -0.2) is 0 Å². The lowest BCUT2D eigenvalue weighted by atomic mass is 10.1. The molecule has 6 nitrogen and oxygen atoms in total. The van der Waals surface area contributed by atoms with Gasteiger partial charge in [0, 0.05) is 12.7 Å². The van der Waals surface area contributed by atoms with E-state index in [9.17, 15) is 4.79 Å². The summed E-state index contributed by atoms with van der Waals surface area (Å²) < 4.78 is 15.7. The van der Waals surface area contributed by atoms with Gasteiger partial charge in [-0.1, -0.05) is 0 Å². The summed E-state index contributed by atoms with van der Waals surface area (Å²) in [5, 5.41) is 2.92. The van der Waals surface area contributed by atoms with Crippen LogP contribution in [0.1, 0.15) is 23.2 Å². The molecule has 1 aliphatic heterocycles. The zero-order chi connectivity index (χ0) is 14.5. The summed E-state index contributed by atoms with van der Waals surface area (Å²) in [6.07, 6.45) is 1.86. The summed E-state index contributed by atoms with van der Waals surface area (Å²) >= 11 is 0. The van der Waals surface area contributed by atoms with E-state index in [0.717, 1.165) is 19.4 Å². The summed E-state index contributed by atoms with van der Waals surface area (Å²) in [7, 11) is 3.03. The topological polar surface area (TPSA) is 82.8 Å². The number of benzene rings is 1. The Labute approximate surface area is 118 Å². The summed E-state index contributed by atoms with van der Waals surface area (Å²) in [6, 6.07) is 3.28. The zero-order valence-electron chi connectivity index (χ0n) is 11.8. The van der Waals surface area contributed by atoms with Crippen LogP contribution in [0, 0.1) is 0 Å². The van der Waals surface area contributed by atoms with Crippen LogP contribution in [0.5, 0.6) is 11.5 Å². The van der Waals surface area contributed by atoms with Gasteiger partial charge in [0.1, 0.15) is 11.5 Å². The molecular formula is C14H20N2O4. The lowest BCUT2D eigenvalue weighted by molar-refractivity contribution is 0.0624. The van der Waals surface area contributed by atoms with E-state index in [0.29, 0.717) is 29.4 Å². The summed E-state index contributed by atoms with van der Waals surface area (Å²) in [5.74, 6) is 0.714. The molecule has 1 atom stereocenters. The van der Waals surface area contributed by atoms with E-state index >= 15 is 0 Å². The summed E-state index contributed by atoms with van der Waals surface area (Å²) in [4.78, 5) is 12.3. The van der Waals surface area contributed by atoms with Crippen LogP contribution in [-0.4, -0.2) is 39.4 Å². The molecule has 1 aliphatic rings. The second-order valence-corrected chi connectivity index (χ2v) is 4.68. The molecule has 1 aromatic carbocycles. The molecule has 6 heteroatoms. The number of methoxy groups -OCH3 is 2. The minimum Gasteiger partial charge on any atom is -0.497 e. The molecule has 0 aliphatic carbocycles. The fraction of sp³-hybridized carbons (Fsp3) is 0.500. The normalized spacial score (nSPS) is 18.4. The number of ether oxygens (including phenoxy) is 3. The monoisotopic (exact) mass is 280 g/mol. The average molecular weight is 280 g/mol. The van der Waals surface area contributed by atoms with E-state index in [1.54, 1.807) is 12.1 Å². The lowest BCUT2D eigenvalue weighted by Gasteiger charge is -2.23. The summed E-state index contributed by atoms with van der Waals surface area (Å²) in [5.41, 5.74) is 6.61. The molecule has 0 spiro atoms. The highest BCUT2D eigenvalue weighted by molar-refractivity contribution is 6.01. The van der Waals surface area contributed by atoms with Crippen molar-refractivity contribution in [1.29, 1.82) is 0 Å². The third kappa shape index (κ3) is 3.14. The molecule has 3 N–H and O–H groups in total. The van der Waals surface area contributed by atoms with E-state index in [-0.39, 0.29) is 11.9 Å². The quantitative estimate of drug-likeness (QED) is 0.810. The van der Waals surface area contributed by atoms with Gasteiger partial charge in [-0.3, -0.25) is 4.79 Å². The number of carbonyl (C=O) groups excluding carboxylic acids is 1. The molecule has 2 rings (SSSR count). The van der Waals surface area contributed by atoms with Gasteiger partial charge in [0.25, 0.3) is 5.91 Å². The largest absolute Gasteiger partial charge is 0.497 e. The van der Waals surface area contributed by atoms with Crippen molar-refractivity contribution < 1.29 is 19.0 Å². The molecule has 1 amide bonds. The lowest BCUT2D eigenvalue weighted by Crippen LogP contribution is -2.40. The Morgan fingerprint density at radius 3 is 2.80 bits per heavy atom. The predicted octanol–water partition coefficient (Wildman–Crippen LogP) is 1.19. The van der Waals surface area contributed by atoms with Crippen LogP contribution in [0.3, 0.4) is 0 Å². The van der Waals surface area contributed by atoms with Crippen molar-refractivity contribution in [3.05, 3.63) is 17.7 Å². The summed E-state index contributed by atoms with van der Waals surface area (Å²) in [6.45, 7) is 1.29. The number of hydrogen-bond acceptors (Lipinski definition) is 5. The standard InChI is InChI=1S/C14H20N2O4/c1-18-10-6-11(13(15)12(7-10)19-2)14(17)16-9-4-3-5-20-8-9/h6-7,9H,3-5,8,15H2,1-2H3,(H,16,17). The highest BCUT2D eigenvalue weighted by Crippen LogP contribution is 2.31. The van der Waals surface area contributed by atoms with Crippen molar-refractivity contribution in [3.63, 3.8) is 0 Å². The molecule has 1 unspecified atom stereocenters. The van der Waals surface area contributed by atoms with Crippen LogP contribution in [-0.2, 0) is 4.74 Å². The Balaban J connectivity index is 2.19. The van der Waals surface area contributed by atoms with Crippen LogP contribution in [0.15, 0.2) is 12.1 Å². The second-order valence-electron chi connectivity index (χ2n) is 4.68. The number of hydrogen-bond donors (Lipinski definition) is 2. The maximum atomic E-state index is 12.3. The SMILES string of the molecule is COc1cc(OC)c(N)c(C(=O)NC2CCCOC2)c1. The number of anilines is 1. The smallest absolute Gasteiger partial charge is 0.253 e. The van der Waals surface area contributed by atoms with E-state index in [1.165, 1.54) is 14.2 Å². The third-order valence-corrected chi connectivity index (χ3v) is 3.31. The van der Waals surface area contributed by atoms with Crippen molar-refractivity contribution in [2.45, 2.75) is 18.9 Å². The Kier molecular flexibility index (Phi) is 4.68. The Bertz CT molecular complexity index is 484. The van der Waals surface area contributed by atoms with Crippen molar-refractivity contribution in [2.24, 2.45) is 0 Å². The highest BCUT2D eigenvalue weighted by Gasteiger charge is 2.20. The van der Waals surface area contributed by atoms with Gasteiger partial charge < -0.3 is 25.3 Å². The number of rotatable bonds is 4. The first-order valence-electron chi connectivity index (χ1n) is 6.55. The number of carbonyl (C=O) groups is 1. The molecular weight excluding hydrogens is 260 g/mol. The molecule has 110 valence electrons. The van der Waals surface area contributed by atoms with Gasteiger partial charge in [-0.15, -0.1) is 0 Å². The first-order chi connectivity index (χ1) is 9.65. The van der Waals surface area contributed by atoms with Crippen LogP contribution in [0.2, 0.25) is 0 Å². The maximum absolute atomic E-state index is 12.3. The average Bonchev–Trinajstić information content (AvgIpc) is 2.48. The van der Waals surface area contributed by atoms with Crippen LogP contribution in [0.25, 0.3) is 0 Å². The van der Waals surface area contributed by atoms with E-state index in [2.05, 4.69) is 5.32 Å². The number of nitrogens with one attached hydrogen (secondary N) is 1. The van der Waals surface area contributed by atoms with Crippen molar-refractivity contribution in [3.8, 4) is 11.5 Å². The Morgan fingerprint density at radius 2 is 2.20 bits per heavy atom.